The number of sulfone groups is 1. The monoisotopic (exact) mass is 343 g/mol. The average molecular weight is 344 g/mol. The molecular formula is C12H13ClF3NO3S. The van der Waals surface area contributed by atoms with Crippen LogP contribution < -0.4 is 0 Å². The van der Waals surface area contributed by atoms with Gasteiger partial charge in [0.15, 0.2) is 9.84 Å². The van der Waals surface area contributed by atoms with Crippen molar-refractivity contribution in [3.8, 4) is 0 Å². The van der Waals surface area contributed by atoms with E-state index in [1.165, 1.54) is 0 Å². The smallest absolute Gasteiger partial charge is 0.388 e. The van der Waals surface area contributed by atoms with Crippen LogP contribution in [0.3, 0.4) is 0 Å². The fourth-order valence-corrected chi connectivity index (χ4v) is 4.51. The number of alkyl halides is 3. The molecule has 1 N–H and O–H groups in total. The molecule has 9 heteroatoms. The van der Waals surface area contributed by atoms with Crippen molar-refractivity contribution in [3.63, 3.8) is 0 Å². The molecule has 2 heterocycles. The SMILES string of the molecule is O=S1(=O)CCC(CC(O)c2ccc(C(F)(F)F)nc2Cl)C1. The van der Waals surface area contributed by atoms with E-state index < -0.39 is 33.0 Å². The first-order valence-corrected chi connectivity index (χ1v) is 8.40. The first kappa shape index (κ1) is 16.5. The van der Waals surface area contributed by atoms with Crippen LogP contribution in [0.2, 0.25) is 5.15 Å². The molecule has 0 aromatic carbocycles. The Morgan fingerprint density at radius 1 is 1.43 bits per heavy atom. The number of halogens is 4. The number of aliphatic hydroxyl groups is 1. The summed E-state index contributed by atoms with van der Waals surface area (Å²) in [7, 11) is -3.07. The average Bonchev–Trinajstić information content (AvgIpc) is 2.67. The summed E-state index contributed by atoms with van der Waals surface area (Å²) in [6.45, 7) is 0. The molecule has 2 rings (SSSR count). The van der Waals surface area contributed by atoms with Gasteiger partial charge in [-0.1, -0.05) is 17.7 Å². The molecule has 1 aliphatic heterocycles. The molecule has 2 unspecified atom stereocenters. The van der Waals surface area contributed by atoms with Gasteiger partial charge in [-0.25, -0.2) is 13.4 Å². The quantitative estimate of drug-likeness (QED) is 0.857. The van der Waals surface area contributed by atoms with Crippen molar-refractivity contribution in [1.82, 2.24) is 4.98 Å². The van der Waals surface area contributed by atoms with Gasteiger partial charge in [0.2, 0.25) is 0 Å². The van der Waals surface area contributed by atoms with Crippen LogP contribution in [0.5, 0.6) is 0 Å². The maximum atomic E-state index is 12.5. The molecule has 118 valence electrons. The fraction of sp³-hybridized carbons (Fsp3) is 0.583. The summed E-state index contributed by atoms with van der Waals surface area (Å²) in [6, 6.07) is 1.82. The zero-order valence-corrected chi connectivity index (χ0v) is 12.3. The lowest BCUT2D eigenvalue weighted by molar-refractivity contribution is -0.141. The lowest BCUT2D eigenvalue weighted by atomic mass is 9.97. The molecule has 0 aliphatic carbocycles. The van der Waals surface area contributed by atoms with Gasteiger partial charge in [-0.05, 0) is 24.8 Å². The van der Waals surface area contributed by atoms with E-state index in [4.69, 9.17) is 11.6 Å². The van der Waals surface area contributed by atoms with Crippen LogP contribution in [0.25, 0.3) is 0 Å². The molecule has 1 aromatic heterocycles. The minimum Gasteiger partial charge on any atom is -0.388 e. The highest BCUT2D eigenvalue weighted by atomic mass is 35.5. The van der Waals surface area contributed by atoms with Crippen molar-refractivity contribution in [2.45, 2.75) is 25.1 Å². The molecular weight excluding hydrogens is 331 g/mol. The minimum absolute atomic E-state index is 0.0181. The topological polar surface area (TPSA) is 67.3 Å². The molecule has 1 aromatic rings. The third kappa shape index (κ3) is 4.08. The molecule has 0 saturated carbocycles. The van der Waals surface area contributed by atoms with Crippen LogP contribution in [0.4, 0.5) is 13.2 Å². The normalized spacial score (nSPS) is 23.2. The van der Waals surface area contributed by atoms with Gasteiger partial charge >= 0.3 is 6.18 Å². The maximum absolute atomic E-state index is 12.5. The van der Waals surface area contributed by atoms with Crippen molar-refractivity contribution in [2.75, 3.05) is 11.5 Å². The number of hydrogen-bond acceptors (Lipinski definition) is 4. The molecule has 1 aliphatic rings. The Bertz CT molecular complexity index is 633. The highest BCUT2D eigenvalue weighted by Crippen LogP contribution is 2.34. The van der Waals surface area contributed by atoms with Crippen molar-refractivity contribution >= 4 is 21.4 Å². The van der Waals surface area contributed by atoms with E-state index in [1.807, 2.05) is 0 Å². The van der Waals surface area contributed by atoms with Gasteiger partial charge < -0.3 is 5.11 Å². The summed E-state index contributed by atoms with van der Waals surface area (Å²) in [5, 5.41) is 9.61. The molecule has 0 radical (unpaired) electrons. The Morgan fingerprint density at radius 2 is 2.10 bits per heavy atom. The lowest BCUT2D eigenvalue weighted by Gasteiger charge is -2.16. The van der Waals surface area contributed by atoms with Crippen LogP contribution in [-0.4, -0.2) is 30.0 Å². The number of aliphatic hydroxyl groups excluding tert-OH is 1. The van der Waals surface area contributed by atoms with Crippen molar-refractivity contribution in [1.29, 1.82) is 0 Å². The van der Waals surface area contributed by atoms with Gasteiger partial charge in [-0.15, -0.1) is 0 Å². The molecule has 2 atom stereocenters. The van der Waals surface area contributed by atoms with Crippen LogP contribution in [0, 0.1) is 5.92 Å². The first-order chi connectivity index (χ1) is 9.58. The number of nitrogens with zero attached hydrogens (tertiary/aromatic N) is 1. The van der Waals surface area contributed by atoms with Gasteiger partial charge in [0.1, 0.15) is 10.8 Å². The predicted molar refractivity (Wildman–Crippen MR) is 70.6 cm³/mol. The Morgan fingerprint density at radius 3 is 2.57 bits per heavy atom. The molecule has 0 bridgehead atoms. The predicted octanol–water partition coefficient (Wildman–Crippen LogP) is 2.61. The molecule has 0 amide bonds. The third-order valence-electron chi connectivity index (χ3n) is 3.41. The van der Waals surface area contributed by atoms with Gasteiger partial charge in [-0.2, -0.15) is 13.2 Å². The second-order valence-electron chi connectivity index (χ2n) is 5.09. The van der Waals surface area contributed by atoms with Gasteiger partial charge in [0.05, 0.1) is 17.6 Å². The van der Waals surface area contributed by atoms with Crippen LogP contribution in [0.15, 0.2) is 12.1 Å². The van der Waals surface area contributed by atoms with E-state index in [0.29, 0.717) is 6.42 Å². The summed E-state index contributed by atoms with van der Waals surface area (Å²) in [5.74, 6) is -0.164. The van der Waals surface area contributed by atoms with E-state index in [0.717, 1.165) is 12.1 Å². The van der Waals surface area contributed by atoms with Crippen LogP contribution in [0.1, 0.15) is 30.2 Å². The molecule has 0 spiro atoms. The summed E-state index contributed by atoms with van der Waals surface area (Å²) in [4.78, 5) is 3.23. The van der Waals surface area contributed by atoms with E-state index in [1.54, 1.807) is 0 Å². The summed E-state index contributed by atoms with van der Waals surface area (Å²) < 4.78 is 60.1. The molecule has 1 fully saturated rings. The zero-order chi connectivity index (χ0) is 15.8. The van der Waals surface area contributed by atoms with Gasteiger partial charge in [-0.3, -0.25) is 0 Å². The van der Waals surface area contributed by atoms with Gasteiger partial charge in [0, 0.05) is 5.56 Å². The number of hydrogen-bond donors (Lipinski definition) is 1. The highest BCUT2D eigenvalue weighted by Gasteiger charge is 2.34. The van der Waals surface area contributed by atoms with E-state index in [-0.39, 0.29) is 29.4 Å². The second kappa shape index (κ2) is 5.73. The van der Waals surface area contributed by atoms with Crippen molar-refractivity contribution < 1.29 is 26.7 Å². The maximum Gasteiger partial charge on any atom is 0.433 e. The van der Waals surface area contributed by atoms with E-state index >= 15 is 0 Å². The standard InChI is InChI=1S/C12H13ClF3NO3S/c13-11-8(1-2-10(17-11)12(14,15)16)9(18)5-7-3-4-21(19,20)6-7/h1-2,7,9,18H,3-6H2. The van der Waals surface area contributed by atoms with E-state index in [9.17, 15) is 26.7 Å². The van der Waals surface area contributed by atoms with Crippen LogP contribution >= 0.6 is 11.6 Å². The zero-order valence-electron chi connectivity index (χ0n) is 10.8. The Balaban J connectivity index is 2.11. The largest absolute Gasteiger partial charge is 0.433 e. The number of aromatic nitrogens is 1. The fourth-order valence-electron chi connectivity index (χ4n) is 2.35. The summed E-state index contributed by atoms with van der Waals surface area (Å²) >= 11 is 5.68. The minimum atomic E-state index is -4.60. The Hall–Kier alpha value is -0.860. The Kier molecular flexibility index (Phi) is 4.51. The highest BCUT2D eigenvalue weighted by molar-refractivity contribution is 7.91. The lowest BCUT2D eigenvalue weighted by Crippen LogP contribution is -2.12. The molecule has 1 saturated heterocycles. The summed E-state index contributed by atoms with van der Waals surface area (Å²) in [6.07, 6.45) is -5.17. The first-order valence-electron chi connectivity index (χ1n) is 6.20. The Labute approximate surface area is 124 Å². The number of pyridine rings is 1. The van der Waals surface area contributed by atoms with Crippen molar-refractivity contribution in [3.05, 3.63) is 28.5 Å². The third-order valence-corrected chi connectivity index (χ3v) is 5.55. The molecule has 21 heavy (non-hydrogen) atoms. The summed E-state index contributed by atoms with van der Waals surface area (Å²) in [5.41, 5.74) is -1.05. The van der Waals surface area contributed by atoms with Crippen LogP contribution in [-0.2, 0) is 16.0 Å². The number of rotatable bonds is 3. The van der Waals surface area contributed by atoms with E-state index in [2.05, 4.69) is 4.98 Å². The van der Waals surface area contributed by atoms with Crippen molar-refractivity contribution in [2.24, 2.45) is 5.92 Å². The molecule has 4 nitrogen and oxygen atoms in total. The van der Waals surface area contributed by atoms with Gasteiger partial charge in [0.25, 0.3) is 0 Å². The second-order valence-corrected chi connectivity index (χ2v) is 7.68.